The monoisotopic (exact) mass is 139 g/mol. The molecule has 50 valence electrons. The van der Waals surface area contributed by atoms with Gasteiger partial charge < -0.3 is 9.79 Å². The van der Waals surface area contributed by atoms with E-state index in [1.54, 1.807) is 14.1 Å². The predicted molar refractivity (Wildman–Crippen MR) is 31.3 cm³/mol. The summed E-state index contributed by atoms with van der Waals surface area (Å²) in [6, 6.07) is 0. The van der Waals surface area contributed by atoms with E-state index in [4.69, 9.17) is 9.79 Å². The molecule has 0 aromatic carbocycles. The van der Waals surface area contributed by atoms with Gasteiger partial charge in [0.1, 0.15) is 0 Å². The fourth-order valence-electron chi connectivity index (χ4n) is 0.291. The van der Waals surface area contributed by atoms with Gasteiger partial charge in [0, 0.05) is 14.1 Å². The molecule has 0 heterocycles. The van der Waals surface area contributed by atoms with Crippen LogP contribution in [0.1, 0.15) is 0 Å². The molecule has 4 N–H and O–H groups in total. The van der Waals surface area contributed by atoms with Crippen molar-refractivity contribution in [1.82, 2.24) is 15.7 Å². The van der Waals surface area contributed by atoms with Crippen molar-refractivity contribution in [3.8, 4) is 0 Å². The lowest BCUT2D eigenvalue weighted by Gasteiger charge is -2.18. The molecular formula is C2H10N3O2P. The molecular weight excluding hydrogens is 129 g/mol. The predicted octanol–water partition coefficient (Wildman–Crippen LogP) is -1.23. The molecule has 0 saturated heterocycles. The molecule has 0 aromatic heterocycles. The summed E-state index contributed by atoms with van der Waals surface area (Å²) >= 11 is 0. The number of rotatable bonds is 3. The number of hydrazine groups is 2. The lowest BCUT2D eigenvalue weighted by atomic mass is 11.4. The van der Waals surface area contributed by atoms with Crippen LogP contribution in [0.25, 0.3) is 0 Å². The Morgan fingerprint density at radius 2 is 1.62 bits per heavy atom. The summed E-state index contributed by atoms with van der Waals surface area (Å²) in [4.78, 5) is 18.0. The molecule has 0 bridgehead atoms. The van der Waals surface area contributed by atoms with Gasteiger partial charge in [-0.25, -0.2) is 10.9 Å². The fourth-order valence-corrected chi connectivity index (χ4v) is 0.648. The van der Waals surface area contributed by atoms with Crippen molar-refractivity contribution in [3.05, 3.63) is 0 Å². The normalized spacial score (nSPS) is 11.2. The number of hydrogen-bond acceptors (Lipinski definition) is 5. The molecule has 0 amide bonds. The van der Waals surface area contributed by atoms with Gasteiger partial charge in [-0.1, -0.05) is 0 Å². The second-order valence-electron chi connectivity index (χ2n) is 1.03. The average molecular weight is 139 g/mol. The van der Waals surface area contributed by atoms with E-state index < -0.39 is 8.53 Å². The number of nitrogens with one attached hydrogen (secondary N) is 2. The highest BCUT2D eigenvalue weighted by molar-refractivity contribution is 7.42. The third kappa shape index (κ3) is 2.52. The maximum absolute atomic E-state index is 8.43. The van der Waals surface area contributed by atoms with Gasteiger partial charge in [0.2, 0.25) is 0 Å². The van der Waals surface area contributed by atoms with E-state index >= 15 is 0 Å². The van der Waals surface area contributed by atoms with Crippen LogP contribution >= 0.6 is 8.53 Å². The fraction of sp³-hybridized carbons (Fsp3) is 1.00. The Morgan fingerprint density at radius 3 is 1.62 bits per heavy atom. The second-order valence-corrected chi connectivity index (χ2v) is 1.96. The van der Waals surface area contributed by atoms with Gasteiger partial charge in [-0.2, -0.15) is 0 Å². The highest BCUT2D eigenvalue weighted by atomic mass is 31.2. The smallest absolute Gasteiger partial charge is 0.283 e. The summed E-state index contributed by atoms with van der Waals surface area (Å²) in [5, 5.41) is 0. The van der Waals surface area contributed by atoms with Crippen LogP contribution in [0.15, 0.2) is 0 Å². The summed E-state index contributed by atoms with van der Waals surface area (Å²) in [7, 11) is 1.11. The van der Waals surface area contributed by atoms with Crippen LogP contribution in [0.3, 0.4) is 0 Å². The minimum Gasteiger partial charge on any atom is -0.336 e. The first-order valence-corrected chi connectivity index (χ1v) is 3.25. The topological polar surface area (TPSA) is 67.8 Å². The van der Waals surface area contributed by atoms with Gasteiger partial charge >= 0.3 is 0 Å². The van der Waals surface area contributed by atoms with Crippen LogP contribution in [0.2, 0.25) is 0 Å². The van der Waals surface area contributed by atoms with Crippen molar-refractivity contribution in [1.29, 1.82) is 0 Å². The van der Waals surface area contributed by atoms with Crippen LogP contribution < -0.4 is 10.9 Å². The summed E-state index contributed by atoms with van der Waals surface area (Å²) in [6.45, 7) is 0. The van der Waals surface area contributed by atoms with E-state index in [0.29, 0.717) is 0 Å². The summed E-state index contributed by atoms with van der Waals surface area (Å²) in [5.41, 5.74) is 5.00. The SMILES string of the molecule is CNN(NC)P(O)O. The highest BCUT2D eigenvalue weighted by Crippen LogP contribution is 2.23. The first-order valence-electron chi connectivity index (χ1n) is 2.05. The van der Waals surface area contributed by atoms with Crippen LogP contribution in [-0.2, 0) is 0 Å². The Kier molecular flexibility index (Phi) is 4.26. The molecule has 0 atom stereocenters. The quantitative estimate of drug-likeness (QED) is 0.291. The van der Waals surface area contributed by atoms with Crippen molar-refractivity contribution in [2.45, 2.75) is 0 Å². The van der Waals surface area contributed by atoms with Crippen LogP contribution in [0, 0.1) is 0 Å². The molecule has 0 aliphatic carbocycles. The molecule has 6 heteroatoms. The molecule has 0 radical (unpaired) electrons. The van der Waals surface area contributed by atoms with Gasteiger partial charge in [0.05, 0.1) is 0 Å². The Morgan fingerprint density at radius 1 is 1.25 bits per heavy atom. The largest absolute Gasteiger partial charge is 0.336 e. The molecule has 0 aliphatic heterocycles. The lowest BCUT2D eigenvalue weighted by Crippen LogP contribution is -2.39. The van der Waals surface area contributed by atoms with Crippen LogP contribution in [-0.4, -0.2) is 28.8 Å². The van der Waals surface area contributed by atoms with Crippen molar-refractivity contribution in [2.24, 2.45) is 0 Å². The summed E-state index contributed by atoms with van der Waals surface area (Å²) in [5.74, 6) is 0. The molecule has 0 unspecified atom stereocenters. The summed E-state index contributed by atoms with van der Waals surface area (Å²) < 4.78 is 0. The van der Waals surface area contributed by atoms with Crippen LogP contribution in [0.5, 0.6) is 0 Å². The zero-order valence-electron chi connectivity index (χ0n) is 4.79. The van der Waals surface area contributed by atoms with E-state index in [2.05, 4.69) is 10.9 Å². The third-order valence-electron chi connectivity index (χ3n) is 0.602. The molecule has 0 aliphatic rings. The van der Waals surface area contributed by atoms with Gasteiger partial charge in [-0.3, -0.25) is 0 Å². The zero-order chi connectivity index (χ0) is 6.57. The van der Waals surface area contributed by atoms with Crippen molar-refractivity contribution < 1.29 is 9.79 Å². The Labute approximate surface area is 49.2 Å². The third-order valence-corrected chi connectivity index (χ3v) is 1.36. The minimum atomic E-state index is -2.05. The maximum atomic E-state index is 8.43. The molecule has 0 rings (SSSR count). The molecule has 0 spiro atoms. The van der Waals surface area contributed by atoms with E-state index in [1.165, 1.54) is 0 Å². The lowest BCUT2D eigenvalue weighted by molar-refractivity contribution is 0.237. The first-order chi connectivity index (χ1) is 3.72. The van der Waals surface area contributed by atoms with Crippen molar-refractivity contribution in [2.75, 3.05) is 14.1 Å². The van der Waals surface area contributed by atoms with Gasteiger partial charge in [-0.05, 0) is 0 Å². The van der Waals surface area contributed by atoms with E-state index in [9.17, 15) is 0 Å². The van der Waals surface area contributed by atoms with Crippen molar-refractivity contribution >= 4 is 8.53 Å². The average Bonchev–Trinajstić information content (AvgIpc) is 1.69. The Balaban J connectivity index is 3.35. The van der Waals surface area contributed by atoms with E-state index in [0.717, 1.165) is 4.89 Å². The van der Waals surface area contributed by atoms with E-state index in [1.807, 2.05) is 0 Å². The zero-order valence-corrected chi connectivity index (χ0v) is 5.68. The second kappa shape index (κ2) is 4.14. The van der Waals surface area contributed by atoms with E-state index in [-0.39, 0.29) is 0 Å². The minimum absolute atomic E-state index is 1.09. The van der Waals surface area contributed by atoms with Crippen molar-refractivity contribution in [3.63, 3.8) is 0 Å². The maximum Gasteiger partial charge on any atom is 0.283 e. The number of hydrogen-bond donors (Lipinski definition) is 4. The Bertz CT molecular complexity index is 57.2. The highest BCUT2D eigenvalue weighted by Gasteiger charge is 2.06. The molecule has 0 saturated carbocycles. The van der Waals surface area contributed by atoms with Gasteiger partial charge in [0.25, 0.3) is 8.53 Å². The van der Waals surface area contributed by atoms with Gasteiger partial charge in [-0.15, -0.1) is 4.89 Å². The first kappa shape index (κ1) is 8.23. The van der Waals surface area contributed by atoms with Gasteiger partial charge in [0.15, 0.2) is 0 Å². The molecule has 0 fully saturated rings. The standard InChI is InChI=1S/C2H10N3O2P/c1-3-5(4-2)8(6)7/h3-4,6-7H,1-2H3. The number of nitrogens with zero attached hydrogens (tertiary/aromatic N) is 1. The molecule has 0 aromatic rings. The molecule has 8 heavy (non-hydrogen) atoms. The van der Waals surface area contributed by atoms with Crippen LogP contribution in [0.4, 0.5) is 0 Å². The summed E-state index contributed by atoms with van der Waals surface area (Å²) in [6.07, 6.45) is 0. The Hall–Kier alpha value is 0.230. The molecule has 5 nitrogen and oxygen atoms in total.